The van der Waals surface area contributed by atoms with Gasteiger partial charge in [-0.15, -0.1) is 0 Å². The molecule has 0 radical (unpaired) electrons. The molecule has 4 rings (SSSR count). The molecule has 2 heterocycles. The van der Waals surface area contributed by atoms with Gasteiger partial charge < -0.3 is 9.72 Å². The van der Waals surface area contributed by atoms with E-state index in [0.29, 0.717) is 12.1 Å². The molecule has 0 aliphatic rings. The molecule has 0 fully saturated rings. The van der Waals surface area contributed by atoms with Crippen LogP contribution in [-0.2, 0) is 17.9 Å². The highest BCUT2D eigenvalue weighted by molar-refractivity contribution is 5.82. The second-order valence-corrected chi connectivity index (χ2v) is 5.91. The Kier molecular flexibility index (Phi) is 3.82. The maximum absolute atomic E-state index is 12.8. The second kappa shape index (κ2) is 6.28. The van der Waals surface area contributed by atoms with E-state index in [9.17, 15) is 9.59 Å². The fourth-order valence-corrected chi connectivity index (χ4v) is 3.06. The predicted molar refractivity (Wildman–Crippen MR) is 97.5 cm³/mol. The van der Waals surface area contributed by atoms with E-state index in [1.54, 1.807) is 6.07 Å². The van der Waals surface area contributed by atoms with E-state index in [4.69, 9.17) is 0 Å². The number of carbonyl (C=O) groups excluding carboxylic acids is 1. The first kappa shape index (κ1) is 15.2. The van der Waals surface area contributed by atoms with Crippen molar-refractivity contribution in [2.24, 2.45) is 0 Å². The number of carbonyl (C=O) groups is 1. The zero-order valence-corrected chi connectivity index (χ0v) is 13.6. The molecule has 0 saturated carbocycles. The molecule has 124 valence electrons. The second-order valence-electron chi connectivity index (χ2n) is 5.91. The average molecular weight is 331 g/mol. The molecule has 1 N–H and O–H groups in total. The van der Waals surface area contributed by atoms with Gasteiger partial charge in [-0.1, -0.05) is 42.5 Å². The molecule has 0 spiro atoms. The fraction of sp³-hybridized carbons (Fsp3) is 0.100. The quantitative estimate of drug-likeness (QED) is 0.625. The lowest BCUT2D eigenvalue weighted by molar-refractivity contribution is -0.121. The summed E-state index contributed by atoms with van der Waals surface area (Å²) in [7, 11) is 0. The zero-order valence-electron chi connectivity index (χ0n) is 13.6. The van der Waals surface area contributed by atoms with Crippen LogP contribution in [-0.4, -0.2) is 14.9 Å². The molecular formula is C20H17N3O2. The Hall–Kier alpha value is -3.34. The summed E-state index contributed by atoms with van der Waals surface area (Å²) in [5.41, 5.74) is 3.06. The minimum atomic E-state index is -0.188. The Morgan fingerprint density at radius 1 is 0.840 bits per heavy atom. The normalized spacial score (nSPS) is 11.0. The standard InChI is InChI=1S/C20H17N3O2/c24-19(21-13-15-7-2-1-3-8-15)14-23-17-10-5-4-9-16(17)22-12-6-11-18(22)20(23)25/h1-12H,13-14H2,(H,21,24). The van der Waals surface area contributed by atoms with Gasteiger partial charge in [0.05, 0.1) is 11.0 Å². The van der Waals surface area contributed by atoms with E-state index in [-0.39, 0.29) is 18.0 Å². The van der Waals surface area contributed by atoms with Gasteiger partial charge in [-0.05, 0) is 29.8 Å². The van der Waals surface area contributed by atoms with Crippen molar-refractivity contribution in [1.29, 1.82) is 0 Å². The largest absolute Gasteiger partial charge is 0.350 e. The third-order valence-electron chi connectivity index (χ3n) is 4.28. The Labute approximate surface area is 144 Å². The van der Waals surface area contributed by atoms with Crippen LogP contribution in [0.1, 0.15) is 5.56 Å². The van der Waals surface area contributed by atoms with Gasteiger partial charge in [0.1, 0.15) is 12.1 Å². The molecule has 4 aromatic rings. The molecule has 0 aliphatic heterocycles. The van der Waals surface area contributed by atoms with Crippen molar-refractivity contribution in [2.45, 2.75) is 13.1 Å². The molecule has 1 amide bonds. The van der Waals surface area contributed by atoms with Crippen LogP contribution in [0.3, 0.4) is 0 Å². The molecular weight excluding hydrogens is 314 g/mol. The molecule has 5 heteroatoms. The van der Waals surface area contributed by atoms with Gasteiger partial charge >= 0.3 is 0 Å². The number of rotatable bonds is 4. The number of para-hydroxylation sites is 2. The molecule has 5 nitrogen and oxygen atoms in total. The number of amides is 1. The first-order valence-corrected chi connectivity index (χ1v) is 8.13. The number of nitrogens with one attached hydrogen (secondary N) is 1. The van der Waals surface area contributed by atoms with Gasteiger partial charge in [0, 0.05) is 12.7 Å². The van der Waals surface area contributed by atoms with Gasteiger partial charge in [-0.2, -0.15) is 0 Å². The lowest BCUT2D eigenvalue weighted by Gasteiger charge is -2.12. The van der Waals surface area contributed by atoms with Gasteiger partial charge in [0.15, 0.2) is 0 Å². The van der Waals surface area contributed by atoms with Gasteiger partial charge in [0.2, 0.25) is 5.91 Å². The molecule has 0 aliphatic carbocycles. The summed E-state index contributed by atoms with van der Waals surface area (Å²) in [6.07, 6.45) is 1.86. The van der Waals surface area contributed by atoms with Crippen LogP contribution < -0.4 is 10.9 Å². The van der Waals surface area contributed by atoms with Crippen LogP contribution in [0.5, 0.6) is 0 Å². The summed E-state index contributed by atoms with van der Waals surface area (Å²) in [5.74, 6) is -0.188. The van der Waals surface area contributed by atoms with Gasteiger partial charge in [-0.25, -0.2) is 0 Å². The topological polar surface area (TPSA) is 55.5 Å². The SMILES string of the molecule is O=C(Cn1c(=O)c2cccn2c2ccccc21)NCc1ccccc1. The summed E-state index contributed by atoms with van der Waals surface area (Å²) < 4.78 is 3.39. The third-order valence-corrected chi connectivity index (χ3v) is 4.28. The number of hydrogen-bond donors (Lipinski definition) is 1. The Bertz CT molecular complexity index is 1110. The first-order valence-electron chi connectivity index (χ1n) is 8.13. The number of nitrogens with zero attached hydrogens (tertiary/aromatic N) is 2. The van der Waals surface area contributed by atoms with E-state index in [2.05, 4.69) is 5.32 Å². The van der Waals surface area contributed by atoms with E-state index < -0.39 is 0 Å². The van der Waals surface area contributed by atoms with Crippen LogP contribution >= 0.6 is 0 Å². The molecule has 2 aromatic carbocycles. The van der Waals surface area contributed by atoms with Crippen molar-refractivity contribution in [2.75, 3.05) is 0 Å². The smallest absolute Gasteiger partial charge is 0.275 e. The van der Waals surface area contributed by atoms with Crippen molar-refractivity contribution in [3.05, 3.63) is 88.8 Å². The minimum absolute atomic E-state index is 0.00609. The van der Waals surface area contributed by atoms with Crippen LogP contribution in [0.2, 0.25) is 0 Å². The van der Waals surface area contributed by atoms with Crippen LogP contribution in [0.15, 0.2) is 77.7 Å². The third kappa shape index (κ3) is 2.80. The Morgan fingerprint density at radius 3 is 2.32 bits per heavy atom. The summed E-state index contributed by atoms with van der Waals surface area (Å²) in [4.78, 5) is 25.2. The lowest BCUT2D eigenvalue weighted by atomic mass is 10.2. The van der Waals surface area contributed by atoms with Crippen molar-refractivity contribution >= 4 is 22.5 Å². The summed E-state index contributed by atoms with van der Waals surface area (Å²) in [6.45, 7) is 0.438. The summed E-state index contributed by atoms with van der Waals surface area (Å²) in [5, 5.41) is 2.88. The molecule has 2 aromatic heterocycles. The summed E-state index contributed by atoms with van der Waals surface area (Å²) >= 11 is 0. The van der Waals surface area contributed by atoms with Gasteiger partial charge in [0.25, 0.3) is 5.56 Å². The number of fused-ring (bicyclic) bond motifs is 3. The monoisotopic (exact) mass is 331 g/mol. The Morgan fingerprint density at radius 2 is 1.52 bits per heavy atom. The maximum Gasteiger partial charge on any atom is 0.275 e. The zero-order chi connectivity index (χ0) is 17.2. The Balaban J connectivity index is 1.67. The molecule has 0 saturated heterocycles. The number of hydrogen-bond acceptors (Lipinski definition) is 2. The van der Waals surface area contributed by atoms with Crippen molar-refractivity contribution in [1.82, 2.24) is 14.3 Å². The van der Waals surface area contributed by atoms with Crippen LogP contribution in [0.4, 0.5) is 0 Å². The highest BCUT2D eigenvalue weighted by Gasteiger charge is 2.12. The average Bonchev–Trinajstić information content (AvgIpc) is 3.14. The van der Waals surface area contributed by atoms with Gasteiger partial charge in [-0.3, -0.25) is 14.2 Å². The van der Waals surface area contributed by atoms with Crippen molar-refractivity contribution < 1.29 is 4.79 Å². The van der Waals surface area contributed by atoms with E-state index >= 15 is 0 Å². The fourth-order valence-electron chi connectivity index (χ4n) is 3.06. The van der Waals surface area contributed by atoms with Crippen LogP contribution in [0.25, 0.3) is 16.6 Å². The number of benzene rings is 2. The van der Waals surface area contributed by atoms with Crippen molar-refractivity contribution in [3.63, 3.8) is 0 Å². The van der Waals surface area contributed by atoms with Crippen LogP contribution in [0, 0.1) is 0 Å². The molecule has 0 atom stereocenters. The first-order chi connectivity index (χ1) is 12.2. The summed E-state index contributed by atoms with van der Waals surface area (Å²) in [6, 6.07) is 20.9. The highest BCUT2D eigenvalue weighted by Crippen LogP contribution is 2.14. The predicted octanol–water partition coefficient (Wildman–Crippen LogP) is 2.57. The van der Waals surface area contributed by atoms with E-state index in [1.807, 2.05) is 71.3 Å². The van der Waals surface area contributed by atoms with Crippen molar-refractivity contribution in [3.8, 4) is 0 Å². The molecule has 0 bridgehead atoms. The lowest BCUT2D eigenvalue weighted by Crippen LogP contribution is -2.32. The van der Waals surface area contributed by atoms with E-state index in [1.165, 1.54) is 4.57 Å². The van der Waals surface area contributed by atoms with E-state index in [0.717, 1.165) is 16.6 Å². The highest BCUT2D eigenvalue weighted by atomic mass is 16.2. The maximum atomic E-state index is 12.8. The minimum Gasteiger partial charge on any atom is -0.350 e. The molecule has 25 heavy (non-hydrogen) atoms. The number of aromatic nitrogens is 2. The molecule has 0 unspecified atom stereocenters.